The quantitative estimate of drug-likeness (QED) is 0.715. The zero-order valence-corrected chi connectivity index (χ0v) is 20.8. The molecule has 1 amide bonds. The number of hydrogen-bond acceptors (Lipinski definition) is 6. The summed E-state index contributed by atoms with van der Waals surface area (Å²) in [5.41, 5.74) is 2.25. The number of amides is 1. The van der Waals surface area contributed by atoms with Crippen LogP contribution in [-0.4, -0.2) is 56.6 Å². The molecule has 2 fully saturated rings. The zero-order valence-electron chi connectivity index (χ0n) is 19.2. The van der Waals surface area contributed by atoms with Crippen LogP contribution >= 0.6 is 23.1 Å². The number of hydrogen-bond donors (Lipinski definition) is 1. The van der Waals surface area contributed by atoms with Crippen molar-refractivity contribution in [2.75, 3.05) is 24.6 Å². The Hall–Kier alpha value is -1.44. The van der Waals surface area contributed by atoms with Crippen molar-refractivity contribution in [1.82, 2.24) is 14.9 Å². The zero-order chi connectivity index (χ0) is 22.5. The minimum absolute atomic E-state index is 0.0237. The second-order valence-corrected chi connectivity index (χ2v) is 12.4. The van der Waals surface area contributed by atoms with Gasteiger partial charge in [-0.05, 0) is 48.6 Å². The minimum Gasteiger partial charge on any atom is -0.392 e. The summed E-state index contributed by atoms with van der Waals surface area (Å²) in [5, 5.41) is 12.7. The number of fused-ring (bicyclic) bond motifs is 2. The van der Waals surface area contributed by atoms with Crippen molar-refractivity contribution in [3.05, 3.63) is 35.1 Å². The highest BCUT2D eigenvalue weighted by Gasteiger charge is 2.54. The van der Waals surface area contributed by atoms with Crippen molar-refractivity contribution in [2.24, 2.45) is 23.2 Å². The van der Waals surface area contributed by atoms with E-state index in [2.05, 4.69) is 24.9 Å². The lowest BCUT2D eigenvalue weighted by atomic mass is 9.53. The number of thiazole rings is 1. The summed E-state index contributed by atoms with van der Waals surface area (Å²) in [7, 11) is 0. The smallest absolute Gasteiger partial charge is 0.225 e. The first-order valence-electron chi connectivity index (χ1n) is 11.8. The Bertz CT molecular complexity index is 975. The van der Waals surface area contributed by atoms with Gasteiger partial charge in [-0.15, -0.1) is 11.3 Å². The van der Waals surface area contributed by atoms with Crippen LogP contribution in [0.5, 0.6) is 0 Å². The van der Waals surface area contributed by atoms with E-state index in [1.54, 1.807) is 17.5 Å². The fourth-order valence-corrected chi connectivity index (χ4v) is 8.67. The molecule has 0 spiro atoms. The molecule has 6 atom stereocenters. The summed E-state index contributed by atoms with van der Waals surface area (Å²) >= 11 is 3.70. The van der Waals surface area contributed by atoms with Gasteiger partial charge in [-0.1, -0.05) is 20.8 Å². The number of carbonyl (C=O) groups is 1. The molecule has 0 aromatic carbocycles. The summed E-state index contributed by atoms with van der Waals surface area (Å²) < 4.78 is 0. The molecule has 172 valence electrons. The van der Waals surface area contributed by atoms with Gasteiger partial charge in [0.25, 0.3) is 0 Å². The van der Waals surface area contributed by atoms with Gasteiger partial charge in [0.05, 0.1) is 11.8 Å². The van der Waals surface area contributed by atoms with E-state index in [9.17, 15) is 9.90 Å². The van der Waals surface area contributed by atoms with E-state index < -0.39 is 6.10 Å². The molecule has 0 bridgehead atoms. The maximum atomic E-state index is 13.2. The summed E-state index contributed by atoms with van der Waals surface area (Å²) in [4.78, 5) is 25.9. The lowest BCUT2D eigenvalue weighted by Gasteiger charge is -2.53. The molecular weight excluding hydrogens is 438 g/mol. The highest BCUT2D eigenvalue weighted by Crippen LogP contribution is 2.57. The Labute approximate surface area is 199 Å². The Kier molecular flexibility index (Phi) is 6.10. The van der Waals surface area contributed by atoms with Crippen molar-refractivity contribution in [3.63, 3.8) is 0 Å². The number of rotatable bonds is 3. The molecule has 1 saturated heterocycles. The van der Waals surface area contributed by atoms with E-state index in [0.717, 1.165) is 60.1 Å². The standard InChI is InChI=1S/C25H33N3O2S2/c1-15(24(30)28-9-11-31-12-10-28)18-6-7-25(3)13-19-21(16(2)20(25)22(18)29)27-23(32-19)17-5-4-8-26-14-17/h4-5,8,14-16,18,20,22,29H,6-7,9-13H2,1-3H3/t15-,16-,18?,20+,22-,25-/m0/s1. The second-order valence-electron chi connectivity index (χ2n) is 10.1. The van der Waals surface area contributed by atoms with Gasteiger partial charge in [0, 0.05) is 59.3 Å². The molecule has 32 heavy (non-hydrogen) atoms. The van der Waals surface area contributed by atoms with E-state index in [0.29, 0.717) is 0 Å². The molecule has 1 saturated carbocycles. The number of nitrogens with zero attached hydrogens (tertiary/aromatic N) is 3. The van der Waals surface area contributed by atoms with Crippen LogP contribution in [0.1, 0.15) is 50.1 Å². The summed E-state index contributed by atoms with van der Waals surface area (Å²) in [6.45, 7) is 8.30. The molecule has 3 aliphatic rings. The van der Waals surface area contributed by atoms with Crippen molar-refractivity contribution in [3.8, 4) is 10.6 Å². The Morgan fingerprint density at radius 2 is 2.12 bits per heavy atom. The number of aliphatic hydroxyl groups is 1. The van der Waals surface area contributed by atoms with Gasteiger partial charge in [0.15, 0.2) is 0 Å². The molecule has 2 aliphatic carbocycles. The van der Waals surface area contributed by atoms with Gasteiger partial charge < -0.3 is 10.0 Å². The maximum Gasteiger partial charge on any atom is 0.225 e. The molecule has 1 unspecified atom stereocenters. The summed E-state index contributed by atoms with van der Waals surface area (Å²) in [5.74, 6) is 2.48. The number of aliphatic hydroxyl groups excluding tert-OH is 1. The van der Waals surface area contributed by atoms with Crippen molar-refractivity contribution in [1.29, 1.82) is 0 Å². The SMILES string of the molecule is C[C@H](C(=O)N1CCSCC1)C1CC[C@@]2(C)Cc3sc(-c4cccnc4)nc3[C@@H](C)[C@@H]2[C@H]1O. The molecule has 0 radical (unpaired) electrons. The third kappa shape index (κ3) is 3.80. The van der Waals surface area contributed by atoms with Gasteiger partial charge in [-0.3, -0.25) is 9.78 Å². The molecule has 3 heterocycles. The molecule has 7 heteroatoms. The van der Waals surface area contributed by atoms with E-state index in [1.807, 2.05) is 35.8 Å². The largest absolute Gasteiger partial charge is 0.392 e. The molecule has 5 rings (SSSR count). The molecular formula is C25H33N3O2S2. The Morgan fingerprint density at radius 1 is 1.34 bits per heavy atom. The lowest BCUT2D eigenvalue weighted by molar-refractivity contribution is -0.144. The fourth-order valence-electron chi connectivity index (χ4n) is 6.41. The monoisotopic (exact) mass is 471 g/mol. The minimum atomic E-state index is -0.474. The second kappa shape index (κ2) is 8.73. The summed E-state index contributed by atoms with van der Waals surface area (Å²) in [6, 6.07) is 4.02. The van der Waals surface area contributed by atoms with Crippen molar-refractivity contribution in [2.45, 2.75) is 52.1 Å². The van der Waals surface area contributed by atoms with Crippen LogP contribution in [0.3, 0.4) is 0 Å². The summed E-state index contributed by atoms with van der Waals surface area (Å²) in [6.07, 6.45) is 6.12. The molecule has 2 aromatic rings. The highest BCUT2D eigenvalue weighted by molar-refractivity contribution is 7.99. The first-order chi connectivity index (χ1) is 15.4. The van der Waals surface area contributed by atoms with Crippen LogP contribution in [0.4, 0.5) is 0 Å². The van der Waals surface area contributed by atoms with Gasteiger partial charge in [-0.25, -0.2) is 4.98 Å². The van der Waals surface area contributed by atoms with Crippen LogP contribution in [-0.2, 0) is 11.2 Å². The average Bonchev–Trinajstić information content (AvgIpc) is 3.23. The van der Waals surface area contributed by atoms with Crippen LogP contribution in [0.15, 0.2) is 24.5 Å². The Morgan fingerprint density at radius 3 is 2.84 bits per heavy atom. The van der Waals surface area contributed by atoms with Gasteiger partial charge >= 0.3 is 0 Å². The van der Waals surface area contributed by atoms with Crippen LogP contribution in [0, 0.1) is 23.2 Å². The number of carbonyl (C=O) groups excluding carboxylic acids is 1. The fraction of sp³-hybridized carbons (Fsp3) is 0.640. The van der Waals surface area contributed by atoms with Crippen LogP contribution in [0.2, 0.25) is 0 Å². The first kappa shape index (κ1) is 22.4. The van der Waals surface area contributed by atoms with Crippen LogP contribution < -0.4 is 0 Å². The number of aromatic nitrogens is 2. The van der Waals surface area contributed by atoms with Gasteiger partial charge in [0.1, 0.15) is 5.01 Å². The molecule has 1 N–H and O–H groups in total. The van der Waals surface area contributed by atoms with Gasteiger partial charge in [0.2, 0.25) is 5.91 Å². The van der Waals surface area contributed by atoms with E-state index in [-0.39, 0.29) is 35.0 Å². The average molecular weight is 472 g/mol. The highest BCUT2D eigenvalue weighted by atomic mass is 32.2. The molecule has 2 aromatic heterocycles. The Balaban J connectivity index is 1.40. The third-order valence-electron chi connectivity index (χ3n) is 8.19. The van der Waals surface area contributed by atoms with Gasteiger partial charge in [-0.2, -0.15) is 11.8 Å². The normalized spacial score (nSPS) is 33.3. The maximum absolute atomic E-state index is 13.2. The topological polar surface area (TPSA) is 66.3 Å². The van der Waals surface area contributed by atoms with Crippen LogP contribution in [0.25, 0.3) is 10.6 Å². The van der Waals surface area contributed by atoms with E-state index in [1.165, 1.54) is 4.88 Å². The molecule has 1 aliphatic heterocycles. The lowest BCUT2D eigenvalue weighted by Crippen LogP contribution is -2.54. The van der Waals surface area contributed by atoms with Crippen molar-refractivity contribution >= 4 is 29.0 Å². The third-order valence-corrected chi connectivity index (χ3v) is 10.2. The van der Waals surface area contributed by atoms with Crippen molar-refractivity contribution < 1.29 is 9.90 Å². The predicted molar refractivity (Wildman–Crippen MR) is 131 cm³/mol. The number of thioether (sulfide) groups is 1. The first-order valence-corrected chi connectivity index (χ1v) is 13.8. The van der Waals surface area contributed by atoms with E-state index >= 15 is 0 Å². The number of pyridine rings is 1. The molecule has 5 nitrogen and oxygen atoms in total. The predicted octanol–water partition coefficient (Wildman–Crippen LogP) is 4.47. The van der Waals surface area contributed by atoms with E-state index in [4.69, 9.17) is 4.98 Å².